The monoisotopic (exact) mass is 373 g/mol. The van der Waals surface area contributed by atoms with E-state index in [1.54, 1.807) is 6.92 Å². The molecule has 0 aliphatic rings. The second-order valence-electron chi connectivity index (χ2n) is 6.27. The van der Waals surface area contributed by atoms with Crippen LogP contribution < -0.4 is 0 Å². The van der Waals surface area contributed by atoms with Crippen molar-refractivity contribution in [3.63, 3.8) is 0 Å². The highest BCUT2D eigenvalue weighted by Crippen LogP contribution is 2.36. The number of nitro groups is 1. The van der Waals surface area contributed by atoms with Gasteiger partial charge in [0, 0.05) is 24.0 Å². The number of carbonyl (C=O) groups is 1. The van der Waals surface area contributed by atoms with Crippen LogP contribution in [0.5, 0.6) is 0 Å². The van der Waals surface area contributed by atoms with Gasteiger partial charge in [0.05, 0.1) is 10.5 Å². The van der Waals surface area contributed by atoms with Crippen LogP contribution in [-0.2, 0) is 6.42 Å². The third kappa shape index (κ3) is 4.64. The van der Waals surface area contributed by atoms with E-state index in [0.717, 1.165) is 6.04 Å². The number of carboxylic acids is 1. The van der Waals surface area contributed by atoms with E-state index >= 15 is 0 Å². The number of halogens is 1. The maximum Gasteiger partial charge on any atom is 0.336 e. The van der Waals surface area contributed by atoms with Crippen LogP contribution >= 0.6 is 15.9 Å². The molecule has 1 rings (SSSR count). The normalized spacial score (nSPS) is 13.0. The predicted molar refractivity (Wildman–Crippen MR) is 89.3 cm³/mol. The molecule has 0 aromatic heterocycles. The summed E-state index contributed by atoms with van der Waals surface area (Å²) in [5, 5.41) is 20.8. The summed E-state index contributed by atoms with van der Waals surface area (Å²) in [7, 11) is -1.43. The van der Waals surface area contributed by atoms with Crippen LogP contribution in [0.2, 0.25) is 25.7 Å². The quantitative estimate of drug-likeness (QED) is 0.341. The van der Waals surface area contributed by atoms with Crippen molar-refractivity contribution in [1.82, 2.24) is 0 Å². The average molecular weight is 374 g/mol. The van der Waals surface area contributed by atoms with E-state index in [1.807, 2.05) is 0 Å². The first-order chi connectivity index (χ1) is 9.54. The van der Waals surface area contributed by atoms with Crippen molar-refractivity contribution < 1.29 is 14.8 Å². The van der Waals surface area contributed by atoms with Crippen LogP contribution in [0.3, 0.4) is 0 Å². The largest absolute Gasteiger partial charge is 0.478 e. The first kappa shape index (κ1) is 17.8. The lowest BCUT2D eigenvalue weighted by Gasteiger charge is -2.17. The third-order valence-corrected chi connectivity index (χ3v) is 5.52. The second-order valence-corrected chi connectivity index (χ2v) is 13.3. The Morgan fingerprint density at radius 3 is 2.38 bits per heavy atom. The van der Waals surface area contributed by atoms with Gasteiger partial charge in [0.2, 0.25) is 0 Å². The third-order valence-electron chi connectivity index (χ3n) is 3.28. The van der Waals surface area contributed by atoms with Crippen molar-refractivity contribution in [2.24, 2.45) is 0 Å². The number of rotatable bonds is 6. The Hall–Kier alpha value is -1.21. The molecular weight excluding hydrogens is 354 g/mol. The van der Waals surface area contributed by atoms with Crippen molar-refractivity contribution in [3.8, 4) is 0 Å². The fourth-order valence-electron chi connectivity index (χ4n) is 2.14. The molecule has 21 heavy (non-hydrogen) atoms. The van der Waals surface area contributed by atoms with Gasteiger partial charge in [-0.15, -0.1) is 0 Å². The molecule has 0 fully saturated rings. The van der Waals surface area contributed by atoms with Gasteiger partial charge in [-0.25, -0.2) is 4.79 Å². The molecule has 0 bridgehead atoms. The molecule has 1 aromatic rings. The van der Waals surface area contributed by atoms with Crippen LogP contribution in [0.4, 0.5) is 5.69 Å². The molecule has 7 heteroatoms. The fourth-order valence-corrected chi connectivity index (χ4v) is 3.51. The van der Waals surface area contributed by atoms with Crippen LogP contribution in [0.1, 0.15) is 33.2 Å². The molecule has 5 nitrogen and oxygen atoms in total. The minimum Gasteiger partial charge on any atom is -0.478 e. The molecule has 1 N–H and O–H groups in total. The van der Waals surface area contributed by atoms with Crippen LogP contribution in [0.15, 0.2) is 12.1 Å². The number of carboxylic acid groups (broad SMARTS) is 1. The summed E-state index contributed by atoms with van der Waals surface area (Å²) >= 11 is 3.34. The van der Waals surface area contributed by atoms with E-state index in [2.05, 4.69) is 35.6 Å². The molecule has 1 atom stereocenters. The fraction of sp³-hybridized carbons (Fsp3) is 0.500. The topological polar surface area (TPSA) is 80.4 Å². The molecule has 0 saturated carbocycles. The van der Waals surface area contributed by atoms with Crippen molar-refractivity contribution in [2.45, 2.75) is 43.9 Å². The Morgan fingerprint density at radius 2 is 2.00 bits per heavy atom. The smallest absolute Gasteiger partial charge is 0.336 e. The lowest BCUT2D eigenvalue weighted by atomic mass is 9.97. The lowest BCUT2D eigenvalue weighted by molar-refractivity contribution is -0.386. The molecule has 1 aromatic carbocycles. The number of nitro benzene ring substituents is 1. The summed E-state index contributed by atoms with van der Waals surface area (Å²) in [6.45, 7) is 8.29. The van der Waals surface area contributed by atoms with Gasteiger partial charge in [-0.3, -0.25) is 10.1 Å². The highest BCUT2D eigenvalue weighted by atomic mass is 79.9. The standard InChI is InChI=1S/C14H20BrNO4Si/c1-9(15)10-5-6-12(14(17)18)11(13(10)16(19)20)7-8-21(2,3)4/h5-6,9H,7-8H2,1-4H3,(H,17,18). The molecule has 1 unspecified atom stereocenters. The Bertz CT molecular complexity index is 567. The van der Waals surface area contributed by atoms with Crippen molar-refractivity contribution in [2.75, 3.05) is 0 Å². The average Bonchev–Trinajstić information content (AvgIpc) is 2.33. The molecule has 0 heterocycles. The molecule has 0 aliphatic carbocycles. The van der Waals surface area contributed by atoms with E-state index in [4.69, 9.17) is 0 Å². The van der Waals surface area contributed by atoms with Crippen molar-refractivity contribution in [1.29, 1.82) is 0 Å². The summed E-state index contributed by atoms with van der Waals surface area (Å²) in [5.41, 5.74) is 0.851. The number of hydrogen-bond acceptors (Lipinski definition) is 3. The summed E-state index contributed by atoms with van der Waals surface area (Å²) < 4.78 is 0. The molecule has 116 valence electrons. The van der Waals surface area contributed by atoms with Crippen LogP contribution in [0.25, 0.3) is 0 Å². The Kier molecular flexibility index (Phi) is 5.69. The van der Waals surface area contributed by atoms with Gasteiger partial charge in [0.15, 0.2) is 0 Å². The van der Waals surface area contributed by atoms with E-state index in [1.165, 1.54) is 12.1 Å². The zero-order valence-electron chi connectivity index (χ0n) is 12.6. The van der Waals surface area contributed by atoms with Gasteiger partial charge in [-0.1, -0.05) is 47.7 Å². The van der Waals surface area contributed by atoms with Gasteiger partial charge in [-0.05, 0) is 19.4 Å². The molecule has 0 saturated heterocycles. The number of alkyl halides is 1. The van der Waals surface area contributed by atoms with Gasteiger partial charge < -0.3 is 5.11 Å². The predicted octanol–water partition coefficient (Wildman–Crippen LogP) is 4.63. The van der Waals surface area contributed by atoms with Crippen molar-refractivity contribution in [3.05, 3.63) is 38.9 Å². The van der Waals surface area contributed by atoms with E-state index in [9.17, 15) is 20.0 Å². The van der Waals surface area contributed by atoms with Crippen molar-refractivity contribution >= 4 is 35.7 Å². The maximum atomic E-state index is 11.4. The summed E-state index contributed by atoms with van der Waals surface area (Å²) in [5.74, 6) is -1.11. The molecule has 0 spiro atoms. The highest BCUT2D eigenvalue weighted by Gasteiger charge is 2.28. The van der Waals surface area contributed by atoms with Gasteiger partial charge >= 0.3 is 5.97 Å². The molecular formula is C14H20BrNO4Si. The zero-order chi connectivity index (χ0) is 16.4. The molecule has 0 radical (unpaired) electrons. The SMILES string of the molecule is CC(Br)c1ccc(C(=O)O)c(CC[Si](C)(C)C)c1[N+](=O)[O-]. The highest BCUT2D eigenvalue weighted by molar-refractivity contribution is 9.09. The summed E-state index contributed by atoms with van der Waals surface area (Å²) in [6, 6.07) is 3.81. The Labute approximate surface area is 133 Å². The van der Waals surface area contributed by atoms with Gasteiger partial charge in [0.25, 0.3) is 5.69 Å². The lowest BCUT2D eigenvalue weighted by Crippen LogP contribution is -2.21. The number of benzene rings is 1. The first-order valence-corrected chi connectivity index (χ1v) is 11.3. The number of hydrogen-bond donors (Lipinski definition) is 1. The van der Waals surface area contributed by atoms with Crippen LogP contribution in [0, 0.1) is 10.1 Å². The Morgan fingerprint density at radius 1 is 1.43 bits per heavy atom. The van der Waals surface area contributed by atoms with E-state index in [-0.39, 0.29) is 16.1 Å². The number of aromatic carboxylic acids is 1. The first-order valence-electron chi connectivity index (χ1n) is 6.72. The minimum atomic E-state index is -1.43. The number of nitrogens with zero attached hydrogens (tertiary/aromatic N) is 1. The Balaban J connectivity index is 3.48. The summed E-state index contributed by atoms with van der Waals surface area (Å²) in [6.07, 6.45) is 0.432. The van der Waals surface area contributed by atoms with Crippen LogP contribution in [-0.4, -0.2) is 24.1 Å². The van der Waals surface area contributed by atoms with E-state index < -0.39 is 19.0 Å². The minimum absolute atomic E-state index is 0.0388. The maximum absolute atomic E-state index is 11.4. The second kappa shape index (κ2) is 6.70. The molecule has 0 amide bonds. The van der Waals surface area contributed by atoms with Gasteiger partial charge in [0.1, 0.15) is 0 Å². The van der Waals surface area contributed by atoms with Gasteiger partial charge in [-0.2, -0.15) is 0 Å². The van der Waals surface area contributed by atoms with E-state index in [0.29, 0.717) is 17.5 Å². The zero-order valence-corrected chi connectivity index (χ0v) is 15.2. The summed E-state index contributed by atoms with van der Waals surface area (Å²) in [4.78, 5) is 22.2. The molecule has 0 aliphatic heterocycles.